The predicted molar refractivity (Wildman–Crippen MR) is 114 cm³/mol. The van der Waals surface area contributed by atoms with Crippen LogP contribution in [0.4, 0.5) is 0 Å². The van der Waals surface area contributed by atoms with Crippen LogP contribution in [0.1, 0.15) is 57.4 Å². The Bertz CT molecular complexity index is 885. The Morgan fingerprint density at radius 2 is 2.04 bits per heavy atom. The number of rotatable bonds is 7. The molecule has 1 atom stereocenters. The van der Waals surface area contributed by atoms with Gasteiger partial charge in [-0.1, -0.05) is 25.6 Å². The van der Waals surface area contributed by atoms with Gasteiger partial charge in [-0.25, -0.2) is 4.98 Å². The summed E-state index contributed by atoms with van der Waals surface area (Å²) in [4.78, 5) is 32.6. The smallest absolute Gasteiger partial charge is 0.263 e. The first-order chi connectivity index (χ1) is 12.9. The second kappa shape index (κ2) is 8.78. The largest absolute Gasteiger partial charge is 0.355 e. The van der Waals surface area contributed by atoms with Crippen LogP contribution in [-0.4, -0.2) is 27.3 Å². The molecule has 1 N–H and O–H groups in total. The van der Waals surface area contributed by atoms with E-state index in [4.69, 9.17) is 4.98 Å². The maximum Gasteiger partial charge on any atom is 0.263 e. The second-order valence-corrected chi connectivity index (χ2v) is 9.97. The first-order valence-corrected chi connectivity index (χ1v) is 11.6. The van der Waals surface area contributed by atoms with Gasteiger partial charge in [0.1, 0.15) is 4.83 Å². The summed E-state index contributed by atoms with van der Waals surface area (Å²) < 4.78 is 1.81. The Kier molecular flexibility index (Phi) is 6.63. The maximum absolute atomic E-state index is 13.4. The molecular formula is C20H29N3O2S2. The molecule has 5 nitrogen and oxygen atoms in total. The third kappa shape index (κ3) is 4.40. The summed E-state index contributed by atoms with van der Waals surface area (Å²) in [6, 6.07) is 0. The number of carbonyl (C=O) groups excluding carboxylic acids is 1. The number of aryl methyl sites for hydroxylation is 2. The Morgan fingerprint density at radius 1 is 1.30 bits per heavy atom. The molecule has 2 heterocycles. The van der Waals surface area contributed by atoms with Crippen molar-refractivity contribution in [3.8, 4) is 0 Å². The fourth-order valence-corrected chi connectivity index (χ4v) is 5.69. The highest BCUT2D eigenvalue weighted by Crippen LogP contribution is 2.35. The van der Waals surface area contributed by atoms with Crippen LogP contribution in [0, 0.1) is 5.92 Å². The van der Waals surface area contributed by atoms with Crippen molar-refractivity contribution in [3.05, 3.63) is 20.8 Å². The van der Waals surface area contributed by atoms with Gasteiger partial charge in [0.05, 0.1) is 10.6 Å². The van der Waals surface area contributed by atoms with Crippen LogP contribution in [0.25, 0.3) is 10.2 Å². The highest BCUT2D eigenvalue weighted by Gasteiger charge is 2.24. The number of amides is 1. The van der Waals surface area contributed by atoms with Gasteiger partial charge in [-0.15, -0.1) is 11.3 Å². The number of nitrogens with zero attached hydrogens (tertiary/aromatic N) is 2. The third-order valence-corrected chi connectivity index (χ3v) is 7.25. The van der Waals surface area contributed by atoms with Gasteiger partial charge in [0.25, 0.3) is 5.56 Å². The van der Waals surface area contributed by atoms with E-state index < -0.39 is 0 Å². The van der Waals surface area contributed by atoms with E-state index in [1.807, 2.05) is 18.4 Å². The normalized spacial score (nSPS) is 15.1. The molecule has 0 spiro atoms. The molecule has 2 aromatic heterocycles. The summed E-state index contributed by atoms with van der Waals surface area (Å²) >= 11 is 3.06. The van der Waals surface area contributed by atoms with E-state index in [0.29, 0.717) is 24.2 Å². The van der Waals surface area contributed by atoms with Gasteiger partial charge in [0, 0.05) is 18.0 Å². The number of nitrogens with one attached hydrogen (secondary N) is 1. The molecule has 0 saturated heterocycles. The van der Waals surface area contributed by atoms with E-state index in [1.54, 1.807) is 11.3 Å². The number of carbonyl (C=O) groups is 1. The minimum absolute atomic E-state index is 0.0160. The second-order valence-electron chi connectivity index (χ2n) is 7.58. The van der Waals surface area contributed by atoms with Crippen molar-refractivity contribution in [1.29, 1.82) is 0 Å². The van der Waals surface area contributed by atoms with Crippen molar-refractivity contribution < 1.29 is 4.79 Å². The van der Waals surface area contributed by atoms with Gasteiger partial charge in [0.2, 0.25) is 5.91 Å². The van der Waals surface area contributed by atoms with Crippen LogP contribution >= 0.6 is 23.1 Å². The molecule has 0 saturated carbocycles. The number of fused-ring (bicyclic) bond motifs is 3. The number of thiophene rings is 1. The molecule has 0 fully saturated rings. The van der Waals surface area contributed by atoms with Gasteiger partial charge in [0.15, 0.2) is 5.16 Å². The van der Waals surface area contributed by atoms with Crippen LogP contribution < -0.4 is 10.9 Å². The highest BCUT2D eigenvalue weighted by molar-refractivity contribution is 8.00. The minimum atomic E-state index is -0.283. The summed E-state index contributed by atoms with van der Waals surface area (Å²) in [5.74, 6) is 0.486. The monoisotopic (exact) mass is 407 g/mol. The van der Waals surface area contributed by atoms with Crippen molar-refractivity contribution in [2.45, 2.75) is 76.8 Å². The van der Waals surface area contributed by atoms with Crippen molar-refractivity contribution >= 4 is 39.2 Å². The molecular weight excluding hydrogens is 378 g/mol. The Balaban J connectivity index is 2.05. The fraction of sp³-hybridized carbons (Fsp3) is 0.650. The first kappa shape index (κ1) is 20.4. The molecule has 1 aliphatic rings. The van der Waals surface area contributed by atoms with Gasteiger partial charge in [-0.3, -0.25) is 14.2 Å². The van der Waals surface area contributed by atoms with Gasteiger partial charge >= 0.3 is 0 Å². The predicted octanol–water partition coefficient (Wildman–Crippen LogP) is 4.00. The molecule has 2 aromatic rings. The lowest BCUT2D eigenvalue weighted by molar-refractivity contribution is -0.120. The molecule has 27 heavy (non-hydrogen) atoms. The third-order valence-electron chi connectivity index (χ3n) is 4.97. The van der Waals surface area contributed by atoms with E-state index in [1.165, 1.54) is 28.6 Å². The maximum atomic E-state index is 13.4. The molecule has 7 heteroatoms. The highest BCUT2D eigenvalue weighted by atomic mass is 32.2. The summed E-state index contributed by atoms with van der Waals surface area (Å²) in [6.07, 6.45) is 5.30. The van der Waals surface area contributed by atoms with Crippen LogP contribution in [0.5, 0.6) is 0 Å². The molecule has 1 aliphatic carbocycles. The standard InChI is InChI=1S/C20H29N3O2S2/c1-5-21-17(24)13(4)26-20-22-18-16(14-8-6-7-9-15(14)27-18)19(25)23(20)11-10-12(2)3/h12-13H,5-11H2,1-4H3,(H,21,24)/t13-/m1/s1. The van der Waals surface area contributed by atoms with E-state index in [2.05, 4.69) is 19.2 Å². The zero-order valence-electron chi connectivity index (χ0n) is 16.6. The van der Waals surface area contributed by atoms with Gasteiger partial charge < -0.3 is 5.32 Å². The average molecular weight is 408 g/mol. The van der Waals surface area contributed by atoms with Crippen LogP contribution in [0.3, 0.4) is 0 Å². The molecule has 0 aliphatic heterocycles. The summed E-state index contributed by atoms with van der Waals surface area (Å²) in [7, 11) is 0. The van der Waals surface area contributed by atoms with Crippen molar-refractivity contribution in [1.82, 2.24) is 14.9 Å². The van der Waals surface area contributed by atoms with E-state index in [9.17, 15) is 9.59 Å². The molecule has 3 rings (SSSR count). The average Bonchev–Trinajstić information content (AvgIpc) is 2.99. The van der Waals surface area contributed by atoms with Crippen molar-refractivity contribution in [3.63, 3.8) is 0 Å². The Labute approximate surface area is 169 Å². The molecule has 0 radical (unpaired) electrons. The summed E-state index contributed by atoms with van der Waals surface area (Å²) in [5, 5.41) is 4.07. The molecule has 0 aromatic carbocycles. The number of aromatic nitrogens is 2. The van der Waals surface area contributed by atoms with Gasteiger partial charge in [-0.2, -0.15) is 0 Å². The lowest BCUT2D eigenvalue weighted by Crippen LogP contribution is -2.32. The minimum Gasteiger partial charge on any atom is -0.355 e. The number of hydrogen-bond donors (Lipinski definition) is 1. The lowest BCUT2D eigenvalue weighted by Gasteiger charge is -2.16. The van der Waals surface area contributed by atoms with E-state index >= 15 is 0 Å². The SMILES string of the molecule is CCNC(=O)[C@@H](C)Sc1nc2sc3c(c2c(=O)n1CCC(C)C)CCCC3. The van der Waals surface area contributed by atoms with E-state index in [-0.39, 0.29) is 16.7 Å². The number of thioether (sulfide) groups is 1. The number of hydrogen-bond acceptors (Lipinski definition) is 5. The lowest BCUT2D eigenvalue weighted by atomic mass is 9.97. The summed E-state index contributed by atoms with van der Waals surface area (Å²) in [5.41, 5.74) is 1.30. The van der Waals surface area contributed by atoms with Crippen molar-refractivity contribution in [2.75, 3.05) is 6.54 Å². The molecule has 148 valence electrons. The molecule has 1 amide bonds. The molecule has 0 bridgehead atoms. The van der Waals surface area contributed by atoms with Crippen LogP contribution in [0.15, 0.2) is 9.95 Å². The molecule has 0 unspecified atom stereocenters. The quantitative estimate of drug-likeness (QED) is 0.557. The fourth-order valence-electron chi connectivity index (χ4n) is 3.42. The zero-order valence-corrected chi connectivity index (χ0v) is 18.3. The van der Waals surface area contributed by atoms with Crippen molar-refractivity contribution in [2.24, 2.45) is 5.92 Å². The Morgan fingerprint density at radius 3 is 2.74 bits per heavy atom. The topological polar surface area (TPSA) is 64.0 Å². The zero-order chi connectivity index (χ0) is 19.6. The Hall–Kier alpha value is -1.34. The van der Waals surface area contributed by atoms with Gasteiger partial charge in [-0.05, 0) is 57.4 Å². The van der Waals surface area contributed by atoms with E-state index in [0.717, 1.165) is 35.9 Å². The summed E-state index contributed by atoms with van der Waals surface area (Å²) in [6.45, 7) is 9.36. The van der Waals surface area contributed by atoms with Crippen LogP contribution in [-0.2, 0) is 24.2 Å². The first-order valence-electron chi connectivity index (χ1n) is 9.91. The van der Waals surface area contributed by atoms with Crippen LogP contribution in [0.2, 0.25) is 0 Å².